The van der Waals surface area contributed by atoms with Gasteiger partial charge in [-0.05, 0) is 72.9 Å². The molecule has 7 heteroatoms. The molecular weight excluding hydrogens is 460 g/mol. The van der Waals surface area contributed by atoms with Crippen LogP contribution in [0.5, 0.6) is 0 Å². The third-order valence-electron chi connectivity index (χ3n) is 5.29. The second-order valence-corrected chi connectivity index (χ2v) is 8.42. The highest BCUT2D eigenvalue weighted by molar-refractivity contribution is 9.10. The largest absolute Gasteiger partial charge is 0.467 e. The average Bonchev–Trinajstić information content (AvgIpc) is 3.51. The fraction of sp³-hybridized carbons (Fsp3) is 0.130. The highest BCUT2D eigenvalue weighted by atomic mass is 79.9. The van der Waals surface area contributed by atoms with E-state index >= 15 is 0 Å². The van der Waals surface area contributed by atoms with Gasteiger partial charge in [0.05, 0.1) is 30.6 Å². The minimum atomic E-state index is -0.0715. The molecule has 2 atom stereocenters. The van der Waals surface area contributed by atoms with Crippen molar-refractivity contribution in [1.82, 2.24) is 19.8 Å². The van der Waals surface area contributed by atoms with Gasteiger partial charge in [-0.15, -0.1) is 0 Å². The van der Waals surface area contributed by atoms with Crippen molar-refractivity contribution in [3.05, 3.63) is 107 Å². The maximum atomic E-state index is 5.75. The van der Waals surface area contributed by atoms with E-state index in [-0.39, 0.29) is 12.1 Å². The van der Waals surface area contributed by atoms with Crippen LogP contribution < -0.4 is 5.32 Å². The van der Waals surface area contributed by atoms with Gasteiger partial charge < -0.3 is 19.2 Å². The van der Waals surface area contributed by atoms with Crippen LogP contribution in [-0.4, -0.2) is 19.6 Å². The third-order valence-corrected chi connectivity index (χ3v) is 6.17. The molecule has 1 aliphatic rings. The molecule has 0 unspecified atom stereocenters. The molecule has 0 bridgehead atoms. The minimum absolute atomic E-state index is 0.0452. The van der Waals surface area contributed by atoms with Gasteiger partial charge in [0.1, 0.15) is 5.76 Å². The van der Waals surface area contributed by atoms with E-state index in [9.17, 15) is 0 Å². The molecule has 0 amide bonds. The van der Waals surface area contributed by atoms with E-state index in [0.717, 1.165) is 27.3 Å². The molecule has 5 rings (SSSR count). The Kier molecular flexibility index (Phi) is 5.14. The number of hydrogen-bond donors (Lipinski definition) is 1. The zero-order chi connectivity index (χ0) is 20.5. The van der Waals surface area contributed by atoms with Gasteiger partial charge in [-0.2, -0.15) is 0 Å². The number of thiocarbonyl (C=S) groups is 1. The highest BCUT2D eigenvalue weighted by Crippen LogP contribution is 2.40. The number of aromatic nitrogens is 2. The monoisotopic (exact) mass is 478 g/mol. The number of rotatable bonds is 5. The number of pyridine rings is 1. The Hall–Kier alpha value is -2.90. The molecule has 4 heterocycles. The van der Waals surface area contributed by atoms with Crippen molar-refractivity contribution in [3.63, 3.8) is 0 Å². The first-order valence-corrected chi connectivity index (χ1v) is 10.8. The van der Waals surface area contributed by atoms with E-state index in [1.807, 2.05) is 48.7 Å². The zero-order valence-electron chi connectivity index (χ0n) is 16.0. The van der Waals surface area contributed by atoms with Crippen molar-refractivity contribution in [2.24, 2.45) is 0 Å². The highest BCUT2D eigenvalue weighted by Gasteiger charge is 2.41. The molecule has 1 saturated heterocycles. The summed E-state index contributed by atoms with van der Waals surface area (Å²) >= 11 is 9.27. The lowest BCUT2D eigenvalue weighted by Gasteiger charge is -2.28. The molecule has 0 aliphatic carbocycles. The molecule has 1 fully saturated rings. The van der Waals surface area contributed by atoms with Gasteiger partial charge in [0.15, 0.2) is 5.11 Å². The van der Waals surface area contributed by atoms with Crippen molar-refractivity contribution >= 4 is 33.3 Å². The van der Waals surface area contributed by atoms with Crippen LogP contribution in [-0.2, 0) is 6.54 Å². The van der Waals surface area contributed by atoms with Gasteiger partial charge >= 0.3 is 0 Å². The summed E-state index contributed by atoms with van der Waals surface area (Å²) in [4.78, 5) is 6.79. The predicted molar refractivity (Wildman–Crippen MR) is 123 cm³/mol. The second-order valence-electron chi connectivity index (χ2n) is 7.11. The van der Waals surface area contributed by atoms with E-state index in [1.54, 1.807) is 6.26 Å². The molecule has 4 aromatic rings. The summed E-state index contributed by atoms with van der Waals surface area (Å²) in [5.41, 5.74) is 3.18. The van der Waals surface area contributed by atoms with Crippen LogP contribution in [0.25, 0.3) is 5.69 Å². The van der Waals surface area contributed by atoms with Crippen molar-refractivity contribution in [2.45, 2.75) is 18.6 Å². The Labute approximate surface area is 188 Å². The molecule has 1 N–H and O–H groups in total. The predicted octanol–water partition coefficient (Wildman–Crippen LogP) is 5.40. The van der Waals surface area contributed by atoms with Crippen molar-refractivity contribution in [1.29, 1.82) is 0 Å². The van der Waals surface area contributed by atoms with E-state index in [2.05, 4.69) is 66.2 Å². The molecule has 5 nitrogen and oxygen atoms in total. The SMILES string of the molecule is S=C1N[C@@H](c2ccccn2)[C@H](c2cccn2-c2ccc(Br)cc2)N1Cc1ccco1. The first-order valence-electron chi connectivity index (χ1n) is 9.64. The number of nitrogens with zero attached hydrogens (tertiary/aromatic N) is 3. The Bertz CT molecular complexity index is 1140. The summed E-state index contributed by atoms with van der Waals surface area (Å²) in [6, 6.07) is 22.2. The first kappa shape index (κ1) is 19.1. The van der Waals surface area contributed by atoms with Crippen LogP contribution >= 0.6 is 28.1 Å². The lowest BCUT2D eigenvalue weighted by atomic mass is 10.0. The number of furan rings is 1. The van der Waals surface area contributed by atoms with Crippen molar-refractivity contribution in [3.8, 4) is 5.69 Å². The average molecular weight is 479 g/mol. The Morgan fingerprint density at radius 3 is 2.63 bits per heavy atom. The van der Waals surface area contributed by atoms with Crippen LogP contribution in [0.4, 0.5) is 0 Å². The molecule has 0 radical (unpaired) electrons. The van der Waals surface area contributed by atoms with Gasteiger partial charge in [0, 0.05) is 28.2 Å². The fourth-order valence-electron chi connectivity index (χ4n) is 3.94. The van der Waals surface area contributed by atoms with Crippen LogP contribution in [0.15, 0.2) is 94.3 Å². The molecule has 3 aromatic heterocycles. The summed E-state index contributed by atoms with van der Waals surface area (Å²) in [7, 11) is 0. The molecule has 0 spiro atoms. The zero-order valence-corrected chi connectivity index (χ0v) is 18.4. The standard InChI is InChI=1S/C23H19BrN4OS/c24-16-8-10-17(11-9-16)27-13-3-7-20(27)22-21(19-6-1-2-12-25-19)26-23(30)28(22)15-18-5-4-14-29-18/h1-14,21-22H,15H2,(H,26,30)/t21-,22-/m0/s1. The smallest absolute Gasteiger partial charge is 0.170 e. The number of hydrogen-bond acceptors (Lipinski definition) is 3. The van der Waals surface area contributed by atoms with Crippen LogP contribution in [0.1, 0.15) is 29.2 Å². The number of halogens is 1. The summed E-state index contributed by atoms with van der Waals surface area (Å²) in [5.74, 6) is 0.868. The lowest BCUT2D eigenvalue weighted by molar-refractivity contribution is 0.280. The molecule has 0 saturated carbocycles. The van der Waals surface area contributed by atoms with Gasteiger partial charge in [-0.1, -0.05) is 22.0 Å². The van der Waals surface area contributed by atoms with E-state index < -0.39 is 0 Å². The Morgan fingerprint density at radius 2 is 1.90 bits per heavy atom. The van der Waals surface area contributed by atoms with Crippen LogP contribution in [0.2, 0.25) is 0 Å². The molecule has 1 aliphatic heterocycles. The van der Waals surface area contributed by atoms with Gasteiger partial charge in [0.2, 0.25) is 0 Å². The summed E-state index contributed by atoms with van der Waals surface area (Å²) < 4.78 is 8.88. The van der Waals surface area contributed by atoms with Crippen LogP contribution in [0, 0.1) is 0 Å². The van der Waals surface area contributed by atoms with Crippen LogP contribution in [0.3, 0.4) is 0 Å². The lowest BCUT2D eigenvalue weighted by Crippen LogP contribution is -2.29. The Balaban J connectivity index is 1.60. The molecule has 150 valence electrons. The minimum Gasteiger partial charge on any atom is -0.467 e. The van der Waals surface area contributed by atoms with Gasteiger partial charge in [-0.3, -0.25) is 4.98 Å². The summed E-state index contributed by atoms with van der Waals surface area (Å²) in [6.07, 6.45) is 5.60. The van der Waals surface area contributed by atoms with E-state index in [1.165, 1.54) is 0 Å². The topological polar surface area (TPSA) is 46.2 Å². The molecule has 30 heavy (non-hydrogen) atoms. The summed E-state index contributed by atoms with van der Waals surface area (Å²) in [5, 5.41) is 4.18. The molecule has 1 aromatic carbocycles. The van der Waals surface area contributed by atoms with Gasteiger partial charge in [0.25, 0.3) is 0 Å². The first-order chi connectivity index (χ1) is 14.7. The summed E-state index contributed by atoms with van der Waals surface area (Å²) in [6.45, 7) is 0.582. The van der Waals surface area contributed by atoms with E-state index in [0.29, 0.717) is 11.7 Å². The quantitative estimate of drug-likeness (QED) is 0.389. The number of nitrogens with one attached hydrogen (secondary N) is 1. The third kappa shape index (κ3) is 3.55. The normalized spacial score (nSPS) is 18.6. The van der Waals surface area contributed by atoms with Gasteiger partial charge in [-0.25, -0.2) is 0 Å². The fourth-order valence-corrected chi connectivity index (χ4v) is 4.51. The van der Waals surface area contributed by atoms with Crippen molar-refractivity contribution in [2.75, 3.05) is 0 Å². The van der Waals surface area contributed by atoms with Crippen molar-refractivity contribution < 1.29 is 4.42 Å². The Morgan fingerprint density at radius 1 is 1.03 bits per heavy atom. The van der Waals surface area contributed by atoms with E-state index in [4.69, 9.17) is 16.6 Å². The molecular formula is C23H19BrN4OS. The second kappa shape index (κ2) is 8.08. The number of benzene rings is 1. The maximum Gasteiger partial charge on any atom is 0.170 e. The maximum absolute atomic E-state index is 5.75.